The maximum atomic E-state index is 14.0. The number of ether oxygens (including phenoxy) is 1. The lowest BCUT2D eigenvalue weighted by atomic mass is 9.90. The zero-order valence-electron chi connectivity index (χ0n) is 19.8. The van der Waals surface area contributed by atoms with Gasteiger partial charge < -0.3 is 19.5 Å². The zero-order valence-corrected chi connectivity index (χ0v) is 19.8. The number of H-pyrrole nitrogens is 1. The molecule has 2 heterocycles. The molecule has 0 spiro atoms. The van der Waals surface area contributed by atoms with Gasteiger partial charge in [-0.25, -0.2) is 9.37 Å². The first-order valence-electron chi connectivity index (χ1n) is 11.8. The van der Waals surface area contributed by atoms with Crippen LogP contribution >= 0.6 is 0 Å². The summed E-state index contributed by atoms with van der Waals surface area (Å²) in [5.41, 5.74) is 3.58. The molecule has 7 heteroatoms. The summed E-state index contributed by atoms with van der Waals surface area (Å²) >= 11 is 0. The van der Waals surface area contributed by atoms with E-state index in [0.29, 0.717) is 30.2 Å². The van der Waals surface area contributed by atoms with Gasteiger partial charge in [-0.1, -0.05) is 42.5 Å². The SMILES string of the molecule is COc1ccc(C(CNC(=O)CCc2ncc(-c3ccccc3F)o2)c2c[nH]c3ccccc23)cc1. The van der Waals surface area contributed by atoms with E-state index in [9.17, 15) is 9.18 Å². The van der Waals surface area contributed by atoms with Gasteiger partial charge in [-0.15, -0.1) is 0 Å². The number of para-hydroxylation sites is 1. The Morgan fingerprint density at radius 1 is 1.08 bits per heavy atom. The van der Waals surface area contributed by atoms with Crippen molar-refractivity contribution in [1.29, 1.82) is 0 Å². The number of aryl methyl sites for hydroxylation is 1. The first-order valence-corrected chi connectivity index (χ1v) is 11.8. The number of methoxy groups -OCH3 is 1. The van der Waals surface area contributed by atoms with E-state index < -0.39 is 0 Å². The molecule has 2 aromatic heterocycles. The van der Waals surface area contributed by atoms with Crippen LogP contribution in [0.3, 0.4) is 0 Å². The standard InChI is InChI=1S/C29H26FN3O3/c1-35-20-12-10-19(11-13-20)23(24-17-31-26-9-5-3-6-21(24)26)16-32-28(34)14-15-29-33-18-27(36-29)22-7-2-4-8-25(22)30/h2-13,17-18,23,31H,14-16H2,1H3,(H,32,34). The van der Waals surface area contributed by atoms with Gasteiger partial charge in [0.15, 0.2) is 11.7 Å². The number of carbonyl (C=O) groups is 1. The minimum absolute atomic E-state index is 0.0506. The molecule has 36 heavy (non-hydrogen) atoms. The summed E-state index contributed by atoms with van der Waals surface area (Å²) in [6, 6.07) is 22.4. The maximum absolute atomic E-state index is 14.0. The molecule has 1 atom stereocenters. The fourth-order valence-electron chi connectivity index (χ4n) is 4.36. The smallest absolute Gasteiger partial charge is 0.220 e. The molecule has 182 valence electrons. The van der Waals surface area contributed by atoms with Crippen LogP contribution in [0.2, 0.25) is 0 Å². The number of aromatic nitrogens is 2. The van der Waals surface area contributed by atoms with E-state index >= 15 is 0 Å². The third-order valence-corrected chi connectivity index (χ3v) is 6.28. The second-order valence-corrected chi connectivity index (χ2v) is 8.52. The fraction of sp³-hybridized carbons (Fsp3) is 0.172. The van der Waals surface area contributed by atoms with Gasteiger partial charge in [-0.2, -0.15) is 0 Å². The number of nitrogens with one attached hydrogen (secondary N) is 2. The van der Waals surface area contributed by atoms with Crippen LogP contribution in [0, 0.1) is 5.82 Å². The van der Waals surface area contributed by atoms with Crippen molar-refractivity contribution < 1.29 is 18.3 Å². The maximum Gasteiger partial charge on any atom is 0.220 e. The number of carbonyl (C=O) groups excluding carboxylic acids is 1. The van der Waals surface area contributed by atoms with Crippen LogP contribution in [-0.4, -0.2) is 29.5 Å². The van der Waals surface area contributed by atoms with Crippen molar-refractivity contribution in [1.82, 2.24) is 15.3 Å². The van der Waals surface area contributed by atoms with Crippen LogP contribution < -0.4 is 10.1 Å². The molecule has 0 aliphatic heterocycles. The van der Waals surface area contributed by atoms with Crippen LogP contribution in [0.25, 0.3) is 22.2 Å². The molecular weight excluding hydrogens is 457 g/mol. The monoisotopic (exact) mass is 483 g/mol. The molecule has 3 aromatic carbocycles. The van der Waals surface area contributed by atoms with Gasteiger partial charge in [-0.3, -0.25) is 4.79 Å². The predicted octanol–water partition coefficient (Wildman–Crippen LogP) is 5.85. The summed E-state index contributed by atoms with van der Waals surface area (Å²) in [7, 11) is 1.64. The molecule has 5 aromatic rings. The number of nitrogens with zero attached hydrogens (tertiary/aromatic N) is 1. The first-order chi connectivity index (χ1) is 17.6. The van der Waals surface area contributed by atoms with E-state index in [1.165, 1.54) is 12.3 Å². The number of aromatic amines is 1. The largest absolute Gasteiger partial charge is 0.497 e. The number of benzene rings is 3. The number of halogens is 1. The normalized spacial score (nSPS) is 11.9. The highest BCUT2D eigenvalue weighted by molar-refractivity contribution is 5.84. The minimum Gasteiger partial charge on any atom is -0.497 e. The predicted molar refractivity (Wildman–Crippen MR) is 136 cm³/mol. The molecule has 5 rings (SSSR count). The number of fused-ring (bicyclic) bond motifs is 1. The van der Waals surface area contributed by atoms with Crippen LogP contribution in [-0.2, 0) is 11.2 Å². The molecule has 0 saturated heterocycles. The molecule has 1 amide bonds. The summed E-state index contributed by atoms with van der Waals surface area (Å²) in [5, 5.41) is 4.19. The Labute approximate surface area is 208 Å². The number of hydrogen-bond acceptors (Lipinski definition) is 4. The lowest BCUT2D eigenvalue weighted by Gasteiger charge is -2.18. The van der Waals surface area contributed by atoms with Crippen molar-refractivity contribution in [2.75, 3.05) is 13.7 Å². The van der Waals surface area contributed by atoms with E-state index in [4.69, 9.17) is 9.15 Å². The second kappa shape index (κ2) is 10.5. The third kappa shape index (κ3) is 5.00. The van der Waals surface area contributed by atoms with Gasteiger partial charge >= 0.3 is 0 Å². The average molecular weight is 484 g/mol. The number of amides is 1. The molecular formula is C29H26FN3O3. The summed E-state index contributed by atoms with van der Waals surface area (Å²) in [6.45, 7) is 0.430. The van der Waals surface area contributed by atoms with E-state index in [1.54, 1.807) is 25.3 Å². The third-order valence-electron chi connectivity index (χ3n) is 6.28. The zero-order chi connectivity index (χ0) is 24.9. The van der Waals surface area contributed by atoms with E-state index in [1.807, 2.05) is 48.7 Å². The van der Waals surface area contributed by atoms with Gasteiger partial charge in [0.05, 0.1) is 18.9 Å². The minimum atomic E-state index is -0.375. The Morgan fingerprint density at radius 2 is 1.86 bits per heavy atom. The Morgan fingerprint density at radius 3 is 2.67 bits per heavy atom. The molecule has 2 N–H and O–H groups in total. The molecule has 0 radical (unpaired) electrons. The Kier molecular flexibility index (Phi) is 6.80. The molecule has 1 unspecified atom stereocenters. The Balaban J connectivity index is 1.27. The molecule has 0 saturated carbocycles. The molecule has 0 aliphatic rings. The quantitative estimate of drug-likeness (QED) is 0.276. The van der Waals surface area contributed by atoms with E-state index in [2.05, 4.69) is 21.4 Å². The van der Waals surface area contributed by atoms with Gasteiger partial charge in [-0.05, 0) is 41.5 Å². The number of rotatable bonds is 9. The topological polar surface area (TPSA) is 80.2 Å². The number of hydrogen-bond donors (Lipinski definition) is 2. The summed E-state index contributed by atoms with van der Waals surface area (Å²) in [5.74, 6) is 0.986. The van der Waals surface area contributed by atoms with Crippen LogP contribution in [0.1, 0.15) is 29.4 Å². The average Bonchev–Trinajstić information content (AvgIpc) is 3.56. The van der Waals surface area contributed by atoms with Gasteiger partial charge in [0.25, 0.3) is 0 Å². The van der Waals surface area contributed by atoms with Crippen LogP contribution in [0.15, 0.2) is 89.6 Å². The fourth-order valence-corrected chi connectivity index (χ4v) is 4.36. The lowest BCUT2D eigenvalue weighted by molar-refractivity contribution is -0.121. The second-order valence-electron chi connectivity index (χ2n) is 8.52. The molecule has 6 nitrogen and oxygen atoms in total. The summed E-state index contributed by atoms with van der Waals surface area (Å²) in [4.78, 5) is 20.3. The van der Waals surface area contributed by atoms with Crippen molar-refractivity contribution in [2.45, 2.75) is 18.8 Å². The number of oxazole rings is 1. The Bertz CT molecular complexity index is 1470. The molecule has 0 bridgehead atoms. The highest BCUT2D eigenvalue weighted by Crippen LogP contribution is 2.31. The molecule has 0 aliphatic carbocycles. The molecule has 0 fully saturated rings. The van der Waals surface area contributed by atoms with E-state index in [0.717, 1.165) is 27.8 Å². The Hall–Kier alpha value is -4.39. The van der Waals surface area contributed by atoms with Crippen molar-refractivity contribution in [3.63, 3.8) is 0 Å². The van der Waals surface area contributed by atoms with E-state index in [-0.39, 0.29) is 24.1 Å². The van der Waals surface area contributed by atoms with Crippen molar-refractivity contribution in [2.24, 2.45) is 0 Å². The van der Waals surface area contributed by atoms with Crippen LogP contribution in [0.5, 0.6) is 5.75 Å². The van der Waals surface area contributed by atoms with Gasteiger partial charge in [0, 0.05) is 42.4 Å². The highest BCUT2D eigenvalue weighted by Gasteiger charge is 2.20. The highest BCUT2D eigenvalue weighted by atomic mass is 19.1. The first kappa shape index (κ1) is 23.4. The van der Waals surface area contributed by atoms with Crippen molar-refractivity contribution in [3.05, 3.63) is 108 Å². The van der Waals surface area contributed by atoms with Gasteiger partial charge in [0.1, 0.15) is 11.6 Å². The van der Waals surface area contributed by atoms with Crippen molar-refractivity contribution >= 4 is 16.8 Å². The lowest BCUT2D eigenvalue weighted by Crippen LogP contribution is -2.29. The summed E-state index contributed by atoms with van der Waals surface area (Å²) < 4.78 is 25.0. The van der Waals surface area contributed by atoms with Crippen molar-refractivity contribution in [3.8, 4) is 17.1 Å². The van der Waals surface area contributed by atoms with Gasteiger partial charge in [0.2, 0.25) is 5.91 Å². The van der Waals surface area contributed by atoms with Crippen LogP contribution in [0.4, 0.5) is 4.39 Å². The summed E-state index contributed by atoms with van der Waals surface area (Å²) in [6.07, 6.45) is 4.02.